The summed E-state index contributed by atoms with van der Waals surface area (Å²) < 4.78 is 223. The maximum atomic E-state index is 13.7. The molecule has 2 atom stereocenters. The molecule has 0 aliphatic carbocycles. The number of carbonyl (C=O) groups is 1. The van der Waals surface area contributed by atoms with E-state index in [2.05, 4.69) is 0 Å². The predicted octanol–water partition coefficient (Wildman–Crippen LogP) is 4.81. The Morgan fingerprint density at radius 3 is 1.26 bits per heavy atom. The van der Waals surface area contributed by atoms with E-state index in [4.69, 9.17) is 10.2 Å². The van der Waals surface area contributed by atoms with Gasteiger partial charge < -0.3 is 15.5 Å². The van der Waals surface area contributed by atoms with Crippen LogP contribution in [0.15, 0.2) is 0 Å². The van der Waals surface area contributed by atoms with Crippen molar-refractivity contribution in [1.29, 1.82) is 0 Å². The van der Waals surface area contributed by atoms with Crippen molar-refractivity contribution >= 4 is 5.97 Å². The number of aliphatic hydroxyl groups is 1. The zero-order valence-electron chi connectivity index (χ0n) is 16.3. The SMILES string of the molecule is CC[C@H](NC[C@H](O)C(F)(F)C(F)(F)C(F)(F)C(F)(F)C(F)(F)C(F)(F)C(F)(F)C(F)(F)F)C(=O)O. The first-order valence-corrected chi connectivity index (χ1v) is 8.39. The van der Waals surface area contributed by atoms with Gasteiger partial charge >= 0.3 is 53.6 Å². The molecule has 0 aromatic carbocycles. The maximum absolute atomic E-state index is 13.7. The second-order valence-corrected chi connectivity index (χ2v) is 6.79. The standard InChI is InChI=1S/C14H12F17NO3/c1-2-4(6(34)35)32-3-5(33)7(15,16)8(17,18)9(19,20)10(21,22)11(23,24)12(25,26)13(27,28)14(29,30)31/h4-5,32-33H,2-3H2,1H3,(H,34,35)/t4-,5-/m0/s1. The molecule has 4 nitrogen and oxygen atoms in total. The van der Waals surface area contributed by atoms with E-state index in [1.54, 1.807) is 0 Å². The van der Waals surface area contributed by atoms with Crippen LogP contribution in [0, 0.1) is 0 Å². The van der Waals surface area contributed by atoms with Crippen LogP contribution >= 0.6 is 0 Å². The molecule has 0 aromatic rings. The van der Waals surface area contributed by atoms with Crippen LogP contribution in [0.3, 0.4) is 0 Å². The Bertz CT molecular complexity index is 764. The Morgan fingerprint density at radius 2 is 0.971 bits per heavy atom. The Morgan fingerprint density at radius 1 is 0.657 bits per heavy atom. The third-order valence-electron chi connectivity index (χ3n) is 4.43. The van der Waals surface area contributed by atoms with Crippen molar-refractivity contribution in [3.05, 3.63) is 0 Å². The van der Waals surface area contributed by atoms with E-state index in [1.807, 2.05) is 0 Å². The Hall–Kier alpha value is -1.80. The van der Waals surface area contributed by atoms with Crippen molar-refractivity contribution in [3.63, 3.8) is 0 Å². The predicted molar refractivity (Wildman–Crippen MR) is 76.4 cm³/mol. The van der Waals surface area contributed by atoms with E-state index in [0.29, 0.717) is 0 Å². The number of hydrogen-bond acceptors (Lipinski definition) is 3. The van der Waals surface area contributed by atoms with Crippen LogP contribution in [0.4, 0.5) is 74.6 Å². The lowest BCUT2D eigenvalue weighted by Crippen LogP contribution is -2.75. The summed E-state index contributed by atoms with van der Waals surface area (Å²) in [5.41, 5.74) is 0. The van der Waals surface area contributed by atoms with Crippen molar-refractivity contribution in [2.75, 3.05) is 6.54 Å². The second-order valence-electron chi connectivity index (χ2n) is 6.79. The van der Waals surface area contributed by atoms with Gasteiger partial charge in [-0.2, -0.15) is 74.6 Å². The van der Waals surface area contributed by atoms with Crippen molar-refractivity contribution in [3.8, 4) is 0 Å². The molecule has 210 valence electrons. The minimum absolute atomic E-state index is 0.563. The average Bonchev–Trinajstić information content (AvgIpc) is 2.65. The summed E-state index contributed by atoms with van der Waals surface area (Å²) >= 11 is 0. The Balaban J connectivity index is 6.51. The number of hydrogen-bond donors (Lipinski definition) is 3. The van der Waals surface area contributed by atoms with Gasteiger partial charge in [0.05, 0.1) is 0 Å². The molecule has 35 heavy (non-hydrogen) atoms. The minimum Gasteiger partial charge on any atom is -0.480 e. The molecule has 0 spiro atoms. The topological polar surface area (TPSA) is 69.6 Å². The van der Waals surface area contributed by atoms with E-state index in [0.717, 1.165) is 6.92 Å². The van der Waals surface area contributed by atoms with Gasteiger partial charge in [-0.1, -0.05) is 6.92 Å². The third kappa shape index (κ3) is 4.80. The van der Waals surface area contributed by atoms with Crippen molar-refractivity contribution in [2.45, 2.75) is 73.1 Å². The zero-order valence-corrected chi connectivity index (χ0v) is 16.3. The molecule has 3 N–H and O–H groups in total. The van der Waals surface area contributed by atoms with Crippen LogP contribution in [0.1, 0.15) is 13.3 Å². The van der Waals surface area contributed by atoms with Gasteiger partial charge in [-0.25, -0.2) is 0 Å². The highest BCUT2D eigenvalue weighted by atomic mass is 19.4. The summed E-state index contributed by atoms with van der Waals surface area (Å²) in [5.74, 6) is -59.9. The van der Waals surface area contributed by atoms with Crippen molar-refractivity contribution < 1.29 is 89.6 Å². The molecule has 0 saturated carbocycles. The second kappa shape index (κ2) is 9.25. The lowest BCUT2D eigenvalue weighted by Gasteiger charge is -2.43. The van der Waals surface area contributed by atoms with Crippen LogP contribution < -0.4 is 5.32 Å². The molecule has 0 amide bonds. The summed E-state index contributed by atoms with van der Waals surface area (Å²) in [7, 11) is 0. The molecule has 0 aliphatic heterocycles. The molecular weight excluding hydrogens is 553 g/mol. The number of alkyl halides is 17. The van der Waals surface area contributed by atoms with E-state index >= 15 is 0 Å². The molecular formula is C14H12F17NO3. The Kier molecular flexibility index (Phi) is 8.78. The van der Waals surface area contributed by atoms with E-state index in [1.165, 1.54) is 5.32 Å². The summed E-state index contributed by atoms with van der Waals surface area (Å²) in [6, 6.07) is -1.97. The van der Waals surface area contributed by atoms with Crippen LogP contribution in [0.2, 0.25) is 0 Å². The van der Waals surface area contributed by atoms with E-state index in [-0.39, 0.29) is 0 Å². The molecule has 0 fully saturated rings. The molecule has 0 saturated heterocycles. The van der Waals surface area contributed by atoms with Crippen molar-refractivity contribution in [2.24, 2.45) is 0 Å². The minimum atomic E-state index is -8.76. The fourth-order valence-electron chi connectivity index (χ4n) is 2.17. The average molecular weight is 565 g/mol. The van der Waals surface area contributed by atoms with Gasteiger partial charge in [0.25, 0.3) is 0 Å². The third-order valence-corrected chi connectivity index (χ3v) is 4.43. The molecule has 0 bridgehead atoms. The van der Waals surface area contributed by atoms with Gasteiger partial charge in [0.1, 0.15) is 12.1 Å². The van der Waals surface area contributed by atoms with Crippen LogP contribution in [0.5, 0.6) is 0 Å². The fraction of sp³-hybridized carbons (Fsp3) is 0.929. The number of nitrogens with one attached hydrogen (secondary N) is 1. The number of carboxylic acid groups (broad SMARTS) is 1. The van der Waals surface area contributed by atoms with Crippen LogP contribution in [-0.4, -0.2) is 82.5 Å². The lowest BCUT2D eigenvalue weighted by molar-refractivity contribution is -0.464. The van der Waals surface area contributed by atoms with E-state index in [9.17, 15) is 79.4 Å². The Labute approximate surface area is 182 Å². The number of aliphatic hydroxyl groups excluding tert-OH is 1. The first-order chi connectivity index (χ1) is 15.0. The van der Waals surface area contributed by atoms with Crippen molar-refractivity contribution in [1.82, 2.24) is 5.32 Å². The van der Waals surface area contributed by atoms with Gasteiger partial charge in [0, 0.05) is 6.54 Å². The summed E-state index contributed by atoms with van der Waals surface area (Å²) in [6.45, 7) is -1.16. The van der Waals surface area contributed by atoms with Crippen LogP contribution in [0.25, 0.3) is 0 Å². The number of rotatable bonds is 12. The summed E-state index contributed by atoms with van der Waals surface area (Å²) in [4.78, 5) is 10.6. The monoisotopic (exact) mass is 565 g/mol. The molecule has 0 radical (unpaired) electrons. The molecule has 0 heterocycles. The normalized spacial score (nSPS) is 17.3. The zero-order chi connectivity index (χ0) is 28.9. The number of aliphatic carboxylic acids is 1. The van der Waals surface area contributed by atoms with Gasteiger partial charge in [0.2, 0.25) is 0 Å². The molecule has 0 rings (SSSR count). The quantitative estimate of drug-likeness (QED) is 0.298. The highest BCUT2D eigenvalue weighted by Crippen LogP contribution is 2.64. The summed E-state index contributed by atoms with van der Waals surface area (Å²) in [5, 5.41) is 18.9. The molecule has 0 unspecified atom stereocenters. The largest absolute Gasteiger partial charge is 0.480 e. The number of carboxylic acids is 1. The maximum Gasteiger partial charge on any atom is 0.460 e. The number of halogens is 17. The highest BCUT2D eigenvalue weighted by molar-refractivity contribution is 5.73. The molecule has 21 heteroatoms. The lowest BCUT2D eigenvalue weighted by atomic mass is 9.87. The smallest absolute Gasteiger partial charge is 0.460 e. The van der Waals surface area contributed by atoms with Gasteiger partial charge in [-0.05, 0) is 6.42 Å². The summed E-state index contributed by atoms with van der Waals surface area (Å²) in [6.07, 6.45) is -12.8. The molecule has 0 aromatic heterocycles. The van der Waals surface area contributed by atoms with Gasteiger partial charge in [0.15, 0.2) is 0 Å². The first kappa shape index (κ1) is 33.2. The van der Waals surface area contributed by atoms with Gasteiger partial charge in [-0.3, -0.25) is 4.79 Å². The van der Waals surface area contributed by atoms with Gasteiger partial charge in [-0.15, -0.1) is 0 Å². The molecule has 0 aliphatic rings. The van der Waals surface area contributed by atoms with Crippen LogP contribution in [-0.2, 0) is 4.79 Å². The fourth-order valence-corrected chi connectivity index (χ4v) is 2.17. The first-order valence-electron chi connectivity index (χ1n) is 8.39. The highest BCUT2D eigenvalue weighted by Gasteiger charge is 2.95. The van der Waals surface area contributed by atoms with E-state index < -0.39 is 78.7 Å².